The first kappa shape index (κ1) is 22.9. The zero-order valence-electron chi connectivity index (χ0n) is 16.5. The summed E-state index contributed by atoms with van der Waals surface area (Å²) in [5, 5.41) is 0. The zero-order valence-corrected chi connectivity index (χ0v) is 16.5. The van der Waals surface area contributed by atoms with E-state index in [9.17, 15) is 18.4 Å². The number of esters is 1. The molecule has 0 atom stereocenters. The van der Waals surface area contributed by atoms with Gasteiger partial charge in [0.15, 0.2) is 0 Å². The van der Waals surface area contributed by atoms with Crippen molar-refractivity contribution >= 4 is 25.4 Å². The number of carbonyl (C=O) groups excluding carboxylic acids is 2. The molecular formula is C18H27BF2N2O4. The molecule has 9 heteroatoms. The van der Waals surface area contributed by atoms with E-state index >= 15 is 0 Å². The van der Waals surface area contributed by atoms with Crippen LogP contribution in [0.25, 0.3) is 0 Å². The molecule has 0 saturated carbocycles. The van der Waals surface area contributed by atoms with E-state index in [0.717, 1.165) is 10.4 Å². The Bertz CT molecular complexity index is 678. The van der Waals surface area contributed by atoms with Gasteiger partial charge in [-0.2, -0.15) is 8.78 Å². The second-order valence-corrected chi connectivity index (χ2v) is 7.21. The summed E-state index contributed by atoms with van der Waals surface area (Å²) in [5.74, 6) is -3.91. The molecule has 0 aromatic heterocycles. The molecule has 0 unspecified atom stereocenters. The van der Waals surface area contributed by atoms with Gasteiger partial charge >= 0.3 is 12.1 Å². The second kappa shape index (κ2) is 9.17. The molecule has 1 aromatic rings. The van der Waals surface area contributed by atoms with Gasteiger partial charge < -0.3 is 15.2 Å². The van der Waals surface area contributed by atoms with Crippen LogP contribution < -0.4 is 11.2 Å². The third-order valence-corrected chi connectivity index (χ3v) is 3.55. The number of nitrogens with two attached hydrogens (primary N) is 1. The minimum Gasteiger partial charge on any atom is -0.465 e. The van der Waals surface area contributed by atoms with Gasteiger partial charge in [0.2, 0.25) is 0 Å². The number of rotatable bonds is 7. The van der Waals surface area contributed by atoms with Gasteiger partial charge in [-0.15, -0.1) is 0 Å². The number of nitrogens with zero attached hydrogens (tertiary/aromatic N) is 1. The first-order valence-corrected chi connectivity index (χ1v) is 8.71. The van der Waals surface area contributed by atoms with Gasteiger partial charge in [0.25, 0.3) is 5.92 Å². The Hall–Kier alpha value is -2.16. The minimum atomic E-state index is -3.26. The van der Waals surface area contributed by atoms with Crippen LogP contribution in [-0.2, 0) is 26.7 Å². The van der Waals surface area contributed by atoms with Crippen LogP contribution in [0.4, 0.5) is 13.6 Å². The SMILES string of the molecule is Bc1ccc(C(F)(F)CN)c(CN(CC(=O)OCC)C(=O)OC(C)(C)C)c1. The first-order chi connectivity index (χ1) is 12.4. The third-order valence-electron chi connectivity index (χ3n) is 3.55. The van der Waals surface area contributed by atoms with E-state index in [1.807, 2.05) is 0 Å². The highest BCUT2D eigenvalue weighted by atomic mass is 19.3. The molecule has 2 N–H and O–H groups in total. The molecule has 150 valence electrons. The molecule has 0 fully saturated rings. The molecule has 0 aliphatic carbocycles. The molecular weight excluding hydrogens is 357 g/mol. The lowest BCUT2D eigenvalue weighted by Crippen LogP contribution is -2.40. The van der Waals surface area contributed by atoms with E-state index in [0.29, 0.717) is 0 Å². The van der Waals surface area contributed by atoms with Gasteiger partial charge in [-0.25, -0.2) is 4.79 Å². The molecule has 0 radical (unpaired) electrons. The van der Waals surface area contributed by atoms with E-state index in [2.05, 4.69) is 0 Å². The van der Waals surface area contributed by atoms with E-state index in [4.69, 9.17) is 15.2 Å². The fourth-order valence-electron chi connectivity index (χ4n) is 2.40. The van der Waals surface area contributed by atoms with Crippen molar-refractivity contribution in [3.05, 3.63) is 29.3 Å². The summed E-state index contributed by atoms with van der Waals surface area (Å²) in [5.41, 5.74) is 5.05. The van der Waals surface area contributed by atoms with Crippen LogP contribution in [0.15, 0.2) is 18.2 Å². The van der Waals surface area contributed by atoms with Crippen molar-refractivity contribution in [2.45, 2.75) is 45.8 Å². The van der Waals surface area contributed by atoms with E-state index in [1.165, 1.54) is 6.07 Å². The molecule has 27 heavy (non-hydrogen) atoms. The van der Waals surface area contributed by atoms with Crippen LogP contribution in [0, 0.1) is 0 Å². The van der Waals surface area contributed by atoms with Crippen molar-refractivity contribution in [3.63, 3.8) is 0 Å². The van der Waals surface area contributed by atoms with Crippen molar-refractivity contribution in [2.24, 2.45) is 5.73 Å². The molecule has 0 bridgehead atoms. The quantitative estimate of drug-likeness (QED) is 0.566. The van der Waals surface area contributed by atoms with Gasteiger partial charge in [-0.05, 0) is 33.3 Å². The molecule has 0 spiro atoms. The van der Waals surface area contributed by atoms with E-state index < -0.39 is 36.7 Å². The van der Waals surface area contributed by atoms with Crippen molar-refractivity contribution in [1.82, 2.24) is 4.90 Å². The van der Waals surface area contributed by atoms with Crippen molar-refractivity contribution in [2.75, 3.05) is 19.7 Å². The molecule has 0 heterocycles. The maximum Gasteiger partial charge on any atom is 0.411 e. The summed E-state index contributed by atoms with van der Waals surface area (Å²) in [6.07, 6.45) is -0.793. The number of benzene rings is 1. The van der Waals surface area contributed by atoms with Crippen LogP contribution in [0.1, 0.15) is 38.8 Å². The smallest absolute Gasteiger partial charge is 0.411 e. The fourth-order valence-corrected chi connectivity index (χ4v) is 2.40. The third kappa shape index (κ3) is 7.17. The van der Waals surface area contributed by atoms with Gasteiger partial charge in [0.1, 0.15) is 20.0 Å². The molecule has 6 nitrogen and oxygen atoms in total. The lowest BCUT2D eigenvalue weighted by atomic mass is 9.90. The summed E-state index contributed by atoms with van der Waals surface area (Å²) in [6.45, 7) is 5.28. The van der Waals surface area contributed by atoms with Crippen LogP contribution in [-0.4, -0.2) is 50.1 Å². The fraction of sp³-hybridized carbons (Fsp3) is 0.556. The van der Waals surface area contributed by atoms with Crippen molar-refractivity contribution < 1.29 is 27.8 Å². The number of amides is 1. The second-order valence-electron chi connectivity index (χ2n) is 7.21. The van der Waals surface area contributed by atoms with Crippen LogP contribution in [0.3, 0.4) is 0 Å². The Kier molecular flexibility index (Phi) is 7.77. The lowest BCUT2D eigenvalue weighted by Gasteiger charge is -2.28. The predicted octanol–water partition coefficient (Wildman–Crippen LogP) is 1.30. The summed E-state index contributed by atoms with van der Waals surface area (Å²) in [7, 11) is 1.75. The summed E-state index contributed by atoms with van der Waals surface area (Å²) in [6, 6.07) is 4.38. The van der Waals surface area contributed by atoms with E-state index in [-0.39, 0.29) is 24.3 Å². The Morgan fingerprint density at radius 1 is 1.26 bits per heavy atom. The Morgan fingerprint density at radius 2 is 1.89 bits per heavy atom. The van der Waals surface area contributed by atoms with E-state index in [1.54, 1.807) is 47.7 Å². The highest BCUT2D eigenvalue weighted by molar-refractivity contribution is 6.32. The monoisotopic (exact) mass is 384 g/mol. The summed E-state index contributed by atoms with van der Waals surface area (Å²) >= 11 is 0. The standard InChI is InChI=1S/C18H27BF2N2O4/c1-5-26-15(24)10-23(16(25)27-17(2,3)4)9-12-8-13(19)6-7-14(12)18(20,21)11-22/h6-8H,5,9-11,19,22H2,1-4H3. The average molecular weight is 384 g/mol. The van der Waals surface area contributed by atoms with Crippen molar-refractivity contribution in [1.29, 1.82) is 0 Å². The van der Waals surface area contributed by atoms with Gasteiger partial charge in [0.05, 0.1) is 19.7 Å². The number of alkyl halides is 2. The molecule has 0 saturated heterocycles. The average Bonchev–Trinajstić information content (AvgIpc) is 2.52. The normalized spacial score (nSPS) is 11.8. The number of hydrogen-bond donors (Lipinski definition) is 1. The summed E-state index contributed by atoms with van der Waals surface area (Å²) < 4.78 is 38.6. The first-order valence-electron chi connectivity index (χ1n) is 8.71. The van der Waals surface area contributed by atoms with Gasteiger partial charge in [-0.3, -0.25) is 9.69 Å². The van der Waals surface area contributed by atoms with Crippen LogP contribution in [0.5, 0.6) is 0 Å². The van der Waals surface area contributed by atoms with Crippen molar-refractivity contribution in [3.8, 4) is 0 Å². The maximum absolute atomic E-state index is 14.2. The topological polar surface area (TPSA) is 81.9 Å². The summed E-state index contributed by atoms with van der Waals surface area (Å²) in [4.78, 5) is 25.4. The van der Waals surface area contributed by atoms with Crippen LogP contribution >= 0.6 is 0 Å². The number of ether oxygens (including phenoxy) is 2. The maximum atomic E-state index is 14.2. The number of carbonyl (C=O) groups is 2. The molecule has 0 aliphatic heterocycles. The number of halogens is 2. The molecule has 1 amide bonds. The van der Waals surface area contributed by atoms with Gasteiger partial charge in [-0.1, -0.05) is 23.7 Å². The van der Waals surface area contributed by atoms with Crippen LogP contribution in [0.2, 0.25) is 0 Å². The molecule has 0 aliphatic rings. The molecule has 1 aromatic carbocycles. The minimum absolute atomic E-state index is 0.141. The highest BCUT2D eigenvalue weighted by Gasteiger charge is 2.33. The Labute approximate surface area is 159 Å². The Balaban J connectivity index is 3.23. The lowest BCUT2D eigenvalue weighted by molar-refractivity contribution is -0.144. The highest BCUT2D eigenvalue weighted by Crippen LogP contribution is 2.30. The van der Waals surface area contributed by atoms with Gasteiger partial charge in [0, 0.05) is 5.56 Å². The zero-order chi connectivity index (χ0) is 20.8. The molecule has 1 rings (SSSR count). The largest absolute Gasteiger partial charge is 0.465 e. The predicted molar refractivity (Wildman–Crippen MR) is 101 cm³/mol. The Morgan fingerprint density at radius 3 is 2.41 bits per heavy atom. The number of hydrogen-bond acceptors (Lipinski definition) is 5.